The standard InChI is InChI=1S/C12H18N2O3/c1-16-12-4-2-3-10(13-12)7-14-5-6-17-9-11(14)8-15/h2-4,11,15H,5-9H2,1H3. The van der Waals surface area contributed by atoms with Gasteiger partial charge in [-0.25, -0.2) is 4.98 Å². The molecule has 0 saturated carbocycles. The van der Waals surface area contributed by atoms with Crippen molar-refractivity contribution in [2.75, 3.05) is 33.5 Å². The average molecular weight is 238 g/mol. The molecule has 94 valence electrons. The molecule has 1 aromatic rings. The fourth-order valence-electron chi connectivity index (χ4n) is 1.93. The van der Waals surface area contributed by atoms with Gasteiger partial charge in [0, 0.05) is 19.2 Å². The van der Waals surface area contributed by atoms with Crippen LogP contribution in [0.5, 0.6) is 5.88 Å². The summed E-state index contributed by atoms with van der Waals surface area (Å²) in [6.45, 7) is 2.95. The summed E-state index contributed by atoms with van der Waals surface area (Å²) < 4.78 is 10.4. The fourth-order valence-corrected chi connectivity index (χ4v) is 1.93. The van der Waals surface area contributed by atoms with E-state index in [1.807, 2.05) is 18.2 Å². The molecule has 1 aromatic heterocycles. The summed E-state index contributed by atoms with van der Waals surface area (Å²) in [4.78, 5) is 6.55. The molecule has 2 heterocycles. The van der Waals surface area contributed by atoms with Gasteiger partial charge >= 0.3 is 0 Å². The number of morpholine rings is 1. The first kappa shape index (κ1) is 12.3. The van der Waals surface area contributed by atoms with E-state index in [4.69, 9.17) is 9.47 Å². The van der Waals surface area contributed by atoms with Gasteiger partial charge in [0.25, 0.3) is 0 Å². The first-order valence-electron chi connectivity index (χ1n) is 5.76. The van der Waals surface area contributed by atoms with Crippen LogP contribution in [0.25, 0.3) is 0 Å². The maximum absolute atomic E-state index is 9.27. The minimum atomic E-state index is 0.0664. The van der Waals surface area contributed by atoms with E-state index in [0.29, 0.717) is 25.6 Å². The normalized spacial score (nSPS) is 21.4. The van der Waals surface area contributed by atoms with E-state index in [1.54, 1.807) is 7.11 Å². The van der Waals surface area contributed by atoms with Gasteiger partial charge in [0.05, 0.1) is 38.7 Å². The Labute approximate surface area is 101 Å². The monoisotopic (exact) mass is 238 g/mol. The number of methoxy groups -OCH3 is 1. The highest BCUT2D eigenvalue weighted by Crippen LogP contribution is 2.13. The van der Waals surface area contributed by atoms with Gasteiger partial charge in [0.15, 0.2) is 0 Å². The van der Waals surface area contributed by atoms with E-state index in [2.05, 4.69) is 9.88 Å². The Hall–Kier alpha value is -1.17. The molecule has 0 amide bonds. The Morgan fingerprint density at radius 2 is 2.47 bits per heavy atom. The summed E-state index contributed by atoms with van der Waals surface area (Å²) in [5.74, 6) is 0.622. The van der Waals surface area contributed by atoms with Crippen molar-refractivity contribution in [2.24, 2.45) is 0 Å². The van der Waals surface area contributed by atoms with Gasteiger partial charge in [0.2, 0.25) is 5.88 Å². The molecule has 1 N–H and O–H groups in total. The molecule has 5 nitrogen and oxygen atoms in total. The highest BCUT2D eigenvalue weighted by Gasteiger charge is 2.22. The second-order valence-corrected chi connectivity index (χ2v) is 4.05. The molecule has 5 heteroatoms. The van der Waals surface area contributed by atoms with E-state index in [0.717, 1.165) is 12.2 Å². The first-order chi connectivity index (χ1) is 8.33. The summed E-state index contributed by atoms with van der Waals surface area (Å²) in [7, 11) is 1.61. The molecule has 2 rings (SSSR count). The Bertz CT molecular complexity index is 359. The molecule has 1 aliphatic heterocycles. The zero-order valence-corrected chi connectivity index (χ0v) is 10.0. The van der Waals surface area contributed by atoms with Gasteiger partial charge in [-0.2, -0.15) is 0 Å². The molecular weight excluding hydrogens is 220 g/mol. The van der Waals surface area contributed by atoms with Crippen molar-refractivity contribution in [1.29, 1.82) is 0 Å². The number of hydrogen-bond donors (Lipinski definition) is 1. The zero-order chi connectivity index (χ0) is 12.1. The number of hydrogen-bond acceptors (Lipinski definition) is 5. The van der Waals surface area contributed by atoms with Crippen molar-refractivity contribution < 1.29 is 14.6 Å². The largest absolute Gasteiger partial charge is 0.481 e. The van der Waals surface area contributed by atoms with Crippen LogP contribution in [0, 0.1) is 0 Å². The minimum Gasteiger partial charge on any atom is -0.481 e. The van der Waals surface area contributed by atoms with Crippen molar-refractivity contribution in [3.8, 4) is 5.88 Å². The van der Waals surface area contributed by atoms with Crippen LogP contribution in [-0.4, -0.2) is 54.5 Å². The van der Waals surface area contributed by atoms with Gasteiger partial charge in [-0.05, 0) is 6.07 Å². The molecule has 1 atom stereocenters. The molecule has 0 aromatic carbocycles. The van der Waals surface area contributed by atoms with E-state index in [1.165, 1.54) is 0 Å². The number of aliphatic hydroxyl groups excluding tert-OH is 1. The second-order valence-electron chi connectivity index (χ2n) is 4.05. The number of aromatic nitrogens is 1. The van der Waals surface area contributed by atoms with Gasteiger partial charge in [0.1, 0.15) is 0 Å². The highest BCUT2D eigenvalue weighted by atomic mass is 16.5. The number of pyridine rings is 1. The topological polar surface area (TPSA) is 54.8 Å². The minimum absolute atomic E-state index is 0.0664. The third kappa shape index (κ3) is 3.15. The SMILES string of the molecule is COc1cccc(CN2CCOCC2CO)n1. The number of ether oxygens (including phenoxy) is 2. The Morgan fingerprint density at radius 1 is 1.59 bits per heavy atom. The summed E-state index contributed by atoms with van der Waals surface area (Å²) in [6, 6.07) is 5.78. The van der Waals surface area contributed by atoms with Gasteiger partial charge in [-0.15, -0.1) is 0 Å². The third-order valence-electron chi connectivity index (χ3n) is 2.92. The summed E-state index contributed by atoms with van der Waals surface area (Å²) in [5, 5.41) is 9.27. The number of aliphatic hydroxyl groups is 1. The number of rotatable bonds is 4. The average Bonchev–Trinajstić information content (AvgIpc) is 2.39. The highest BCUT2D eigenvalue weighted by molar-refractivity contribution is 5.15. The molecule has 17 heavy (non-hydrogen) atoms. The Morgan fingerprint density at radius 3 is 3.24 bits per heavy atom. The van der Waals surface area contributed by atoms with Crippen LogP contribution < -0.4 is 4.74 Å². The zero-order valence-electron chi connectivity index (χ0n) is 10.0. The lowest BCUT2D eigenvalue weighted by atomic mass is 10.2. The Kier molecular flexibility index (Phi) is 4.30. The molecule has 1 fully saturated rings. The van der Waals surface area contributed by atoms with E-state index >= 15 is 0 Å². The lowest BCUT2D eigenvalue weighted by Gasteiger charge is -2.34. The van der Waals surface area contributed by atoms with Crippen molar-refractivity contribution in [2.45, 2.75) is 12.6 Å². The second kappa shape index (κ2) is 5.95. The number of nitrogens with zero attached hydrogens (tertiary/aromatic N) is 2. The molecule has 1 aliphatic rings. The van der Waals surface area contributed by atoms with E-state index < -0.39 is 0 Å². The van der Waals surface area contributed by atoms with Crippen LogP contribution in [0.1, 0.15) is 5.69 Å². The molecular formula is C12H18N2O3. The lowest BCUT2D eigenvalue weighted by molar-refractivity contribution is -0.0317. The predicted molar refractivity (Wildman–Crippen MR) is 62.9 cm³/mol. The van der Waals surface area contributed by atoms with Crippen molar-refractivity contribution in [1.82, 2.24) is 9.88 Å². The summed E-state index contributed by atoms with van der Waals surface area (Å²) in [6.07, 6.45) is 0. The summed E-state index contributed by atoms with van der Waals surface area (Å²) >= 11 is 0. The first-order valence-corrected chi connectivity index (χ1v) is 5.76. The Balaban J connectivity index is 2.02. The molecule has 1 unspecified atom stereocenters. The third-order valence-corrected chi connectivity index (χ3v) is 2.92. The van der Waals surface area contributed by atoms with Gasteiger partial charge in [-0.3, -0.25) is 4.90 Å². The van der Waals surface area contributed by atoms with E-state index in [-0.39, 0.29) is 12.6 Å². The summed E-state index contributed by atoms with van der Waals surface area (Å²) in [5.41, 5.74) is 0.949. The van der Waals surface area contributed by atoms with Crippen LogP contribution in [0.15, 0.2) is 18.2 Å². The quantitative estimate of drug-likeness (QED) is 0.816. The van der Waals surface area contributed by atoms with Crippen LogP contribution in [0.3, 0.4) is 0 Å². The maximum Gasteiger partial charge on any atom is 0.213 e. The smallest absolute Gasteiger partial charge is 0.213 e. The van der Waals surface area contributed by atoms with Crippen molar-refractivity contribution >= 4 is 0 Å². The van der Waals surface area contributed by atoms with Crippen molar-refractivity contribution in [3.63, 3.8) is 0 Å². The fraction of sp³-hybridized carbons (Fsp3) is 0.583. The molecule has 0 bridgehead atoms. The van der Waals surface area contributed by atoms with Crippen molar-refractivity contribution in [3.05, 3.63) is 23.9 Å². The van der Waals surface area contributed by atoms with Gasteiger partial charge in [-0.1, -0.05) is 6.07 Å². The van der Waals surface area contributed by atoms with Crippen LogP contribution in [-0.2, 0) is 11.3 Å². The molecule has 0 spiro atoms. The van der Waals surface area contributed by atoms with Crippen LogP contribution >= 0.6 is 0 Å². The van der Waals surface area contributed by atoms with Crippen LogP contribution in [0.4, 0.5) is 0 Å². The van der Waals surface area contributed by atoms with Gasteiger partial charge < -0.3 is 14.6 Å². The molecule has 0 aliphatic carbocycles. The predicted octanol–water partition coefficient (Wildman–Crippen LogP) is 0.283. The maximum atomic E-state index is 9.27. The molecule has 1 saturated heterocycles. The molecule has 0 radical (unpaired) electrons. The van der Waals surface area contributed by atoms with E-state index in [9.17, 15) is 5.11 Å². The lowest BCUT2D eigenvalue weighted by Crippen LogP contribution is -2.46. The van der Waals surface area contributed by atoms with Crippen LogP contribution in [0.2, 0.25) is 0 Å².